The Labute approximate surface area is 149 Å². The monoisotopic (exact) mass is 338 g/mol. The van der Waals surface area contributed by atoms with Crippen LogP contribution in [0.4, 0.5) is 0 Å². The lowest BCUT2D eigenvalue weighted by Gasteiger charge is -2.32. The second-order valence-corrected chi connectivity index (χ2v) is 6.59. The number of hydrogen-bond acceptors (Lipinski definition) is 3. The molecule has 0 aromatic heterocycles. The topological polar surface area (TPSA) is 41.6 Å². The molecule has 4 nitrogen and oxygen atoms in total. The molecule has 1 N–H and O–H groups in total. The molecule has 3 rings (SSSR count). The number of amides is 1. The van der Waals surface area contributed by atoms with Gasteiger partial charge in [-0.1, -0.05) is 30.3 Å². The number of piperidine rings is 1. The molecule has 0 unspecified atom stereocenters. The molecule has 0 atom stereocenters. The number of para-hydroxylation sites is 1. The van der Waals surface area contributed by atoms with Crippen molar-refractivity contribution in [1.82, 2.24) is 10.2 Å². The quantitative estimate of drug-likeness (QED) is 0.878. The number of nitrogens with zero attached hydrogens (tertiary/aromatic N) is 1. The van der Waals surface area contributed by atoms with E-state index in [2.05, 4.69) is 5.32 Å². The number of likely N-dealkylation sites (tertiary alicyclic amines) is 1. The van der Waals surface area contributed by atoms with Crippen molar-refractivity contribution in [3.05, 3.63) is 65.7 Å². The predicted octanol–water partition coefficient (Wildman–Crippen LogP) is 3.34. The minimum atomic E-state index is 0.137. The molecular formula is C21H26N2O2. The molecule has 0 aliphatic carbocycles. The standard InChI is InChI=1S/C21H26N2O2/c1-22-15-17-11-13-23(14-12-17)21(24)19-9-7-18(8-10-19)16-25-20-5-3-2-4-6-20/h2-10,17,22H,11-16H2,1H3. The van der Waals surface area contributed by atoms with Crippen LogP contribution in [-0.2, 0) is 6.61 Å². The van der Waals surface area contributed by atoms with Crippen LogP contribution in [0.1, 0.15) is 28.8 Å². The van der Waals surface area contributed by atoms with Gasteiger partial charge < -0.3 is 15.0 Å². The van der Waals surface area contributed by atoms with Gasteiger partial charge in [-0.25, -0.2) is 0 Å². The number of carbonyl (C=O) groups excluding carboxylic acids is 1. The van der Waals surface area contributed by atoms with Gasteiger partial charge in [-0.2, -0.15) is 0 Å². The summed E-state index contributed by atoms with van der Waals surface area (Å²) in [6, 6.07) is 17.5. The van der Waals surface area contributed by atoms with Crippen LogP contribution in [-0.4, -0.2) is 37.5 Å². The Balaban J connectivity index is 1.52. The first-order valence-electron chi connectivity index (χ1n) is 8.97. The summed E-state index contributed by atoms with van der Waals surface area (Å²) in [5, 5.41) is 3.23. The van der Waals surface area contributed by atoms with Crippen LogP contribution in [0.3, 0.4) is 0 Å². The lowest BCUT2D eigenvalue weighted by atomic mass is 9.96. The van der Waals surface area contributed by atoms with Gasteiger partial charge in [0.25, 0.3) is 5.91 Å². The second-order valence-electron chi connectivity index (χ2n) is 6.59. The van der Waals surface area contributed by atoms with E-state index < -0.39 is 0 Å². The van der Waals surface area contributed by atoms with E-state index in [1.165, 1.54) is 0 Å². The SMILES string of the molecule is CNCC1CCN(C(=O)c2ccc(COc3ccccc3)cc2)CC1. The van der Waals surface area contributed by atoms with Crippen molar-refractivity contribution in [1.29, 1.82) is 0 Å². The summed E-state index contributed by atoms with van der Waals surface area (Å²) < 4.78 is 5.74. The van der Waals surface area contributed by atoms with Crippen molar-refractivity contribution in [3.8, 4) is 5.75 Å². The van der Waals surface area contributed by atoms with E-state index in [0.29, 0.717) is 12.5 Å². The van der Waals surface area contributed by atoms with Crippen LogP contribution in [0.25, 0.3) is 0 Å². The Morgan fingerprint density at radius 3 is 2.40 bits per heavy atom. The highest BCUT2D eigenvalue weighted by Crippen LogP contribution is 2.19. The number of rotatable bonds is 6. The van der Waals surface area contributed by atoms with Crippen LogP contribution < -0.4 is 10.1 Å². The molecule has 1 amide bonds. The molecule has 0 spiro atoms. The maximum Gasteiger partial charge on any atom is 0.253 e. The van der Waals surface area contributed by atoms with Crippen LogP contribution in [0.5, 0.6) is 5.75 Å². The number of benzene rings is 2. The van der Waals surface area contributed by atoms with Gasteiger partial charge in [0.2, 0.25) is 0 Å². The van der Waals surface area contributed by atoms with Gasteiger partial charge in [0.15, 0.2) is 0 Å². The third-order valence-electron chi connectivity index (χ3n) is 4.74. The Morgan fingerprint density at radius 2 is 1.76 bits per heavy atom. The highest BCUT2D eigenvalue weighted by molar-refractivity contribution is 5.94. The fourth-order valence-corrected chi connectivity index (χ4v) is 3.24. The maximum absolute atomic E-state index is 12.6. The molecule has 2 aromatic carbocycles. The van der Waals surface area contributed by atoms with E-state index in [-0.39, 0.29) is 5.91 Å². The van der Waals surface area contributed by atoms with E-state index in [9.17, 15) is 4.79 Å². The van der Waals surface area contributed by atoms with Crippen molar-refractivity contribution in [3.63, 3.8) is 0 Å². The maximum atomic E-state index is 12.6. The predicted molar refractivity (Wildman–Crippen MR) is 99.8 cm³/mol. The molecule has 132 valence electrons. The molecular weight excluding hydrogens is 312 g/mol. The smallest absolute Gasteiger partial charge is 0.253 e. The molecule has 0 radical (unpaired) electrons. The van der Waals surface area contributed by atoms with Gasteiger partial charge in [0, 0.05) is 18.7 Å². The average Bonchev–Trinajstić information content (AvgIpc) is 2.68. The number of nitrogens with one attached hydrogen (secondary N) is 1. The zero-order valence-electron chi connectivity index (χ0n) is 14.8. The first-order valence-corrected chi connectivity index (χ1v) is 8.97. The van der Waals surface area contributed by atoms with Crippen molar-refractivity contribution in [2.75, 3.05) is 26.7 Å². The molecule has 2 aromatic rings. The highest BCUT2D eigenvalue weighted by atomic mass is 16.5. The summed E-state index contributed by atoms with van der Waals surface area (Å²) in [4.78, 5) is 14.6. The molecule has 1 aliphatic heterocycles. The Kier molecular flexibility index (Phi) is 6.07. The highest BCUT2D eigenvalue weighted by Gasteiger charge is 2.23. The lowest BCUT2D eigenvalue weighted by molar-refractivity contribution is 0.0691. The molecule has 0 saturated carbocycles. The van der Waals surface area contributed by atoms with Gasteiger partial charge >= 0.3 is 0 Å². The fourth-order valence-electron chi connectivity index (χ4n) is 3.24. The molecule has 0 bridgehead atoms. The van der Waals surface area contributed by atoms with Crippen molar-refractivity contribution >= 4 is 5.91 Å². The van der Waals surface area contributed by atoms with Gasteiger partial charge in [-0.05, 0) is 62.2 Å². The van der Waals surface area contributed by atoms with Crippen LogP contribution in [0.15, 0.2) is 54.6 Å². The van der Waals surface area contributed by atoms with Crippen LogP contribution in [0, 0.1) is 5.92 Å². The number of ether oxygens (including phenoxy) is 1. The van der Waals surface area contributed by atoms with Gasteiger partial charge in [0.05, 0.1) is 0 Å². The Hall–Kier alpha value is -2.33. The Bertz CT molecular complexity index is 662. The molecule has 25 heavy (non-hydrogen) atoms. The van der Waals surface area contributed by atoms with Crippen molar-refractivity contribution < 1.29 is 9.53 Å². The van der Waals surface area contributed by atoms with Gasteiger partial charge in [-0.15, -0.1) is 0 Å². The number of carbonyl (C=O) groups is 1. The Morgan fingerprint density at radius 1 is 1.08 bits per heavy atom. The van der Waals surface area contributed by atoms with E-state index in [0.717, 1.165) is 49.4 Å². The van der Waals surface area contributed by atoms with E-state index in [4.69, 9.17) is 4.74 Å². The third-order valence-corrected chi connectivity index (χ3v) is 4.74. The summed E-state index contributed by atoms with van der Waals surface area (Å²) >= 11 is 0. The zero-order valence-corrected chi connectivity index (χ0v) is 14.8. The normalized spacial score (nSPS) is 15.2. The zero-order chi connectivity index (χ0) is 17.5. The van der Waals surface area contributed by atoms with Crippen LogP contribution in [0.2, 0.25) is 0 Å². The largest absolute Gasteiger partial charge is 0.489 e. The lowest BCUT2D eigenvalue weighted by Crippen LogP contribution is -2.40. The first-order chi connectivity index (χ1) is 12.3. The summed E-state index contributed by atoms with van der Waals surface area (Å²) in [5.41, 5.74) is 1.82. The van der Waals surface area contributed by atoms with E-state index in [1.807, 2.05) is 66.5 Å². The second kappa shape index (κ2) is 8.67. The minimum Gasteiger partial charge on any atom is -0.489 e. The number of hydrogen-bond donors (Lipinski definition) is 1. The first kappa shape index (κ1) is 17.5. The van der Waals surface area contributed by atoms with Crippen molar-refractivity contribution in [2.24, 2.45) is 5.92 Å². The summed E-state index contributed by atoms with van der Waals surface area (Å²) in [5.74, 6) is 1.68. The van der Waals surface area contributed by atoms with E-state index >= 15 is 0 Å². The van der Waals surface area contributed by atoms with Gasteiger partial charge in [-0.3, -0.25) is 4.79 Å². The minimum absolute atomic E-state index is 0.137. The molecule has 1 fully saturated rings. The molecule has 1 heterocycles. The molecule has 1 aliphatic rings. The molecule has 4 heteroatoms. The van der Waals surface area contributed by atoms with Gasteiger partial charge in [0.1, 0.15) is 12.4 Å². The summed E-state index contributed by atoms with van der Waals surface area (Å²) in [7, 11) is 1.99. The molecule has 1 saturated heterocycles. The fraction of sp³-hybridized carbons (Fsp3) is 0.381. The van der Waals surface area contributed by atoms with Crippen molar-refractivity contribution in [2.45, 2.75) is 19.4 Å². The summed E-state index contributed by atoms with van der Waals surface area (Å²) in [6.07, 6.45) is 2.16. The average molecular weight is 338 g/mol. The third kappa shape index (κ3) is 4.83. The van der Waals surface area contributed by atoms with E-state index in [1.54, 1.807) is 0 Å². The summed E-state index contributed by atoms with van der Waals surface area (Å²) in [6.45, 7) is 3.25. The van der Waals surface area contributed by atoms with Crippen LogP contribution >= 0.6 is 0 Å².